The number of anilines is 2. The molecule has 0 aliphatic carbocycles. The molecule has 0 aliphatic heterocycles. The van der Waals surface area contributed by atoms with Gasteiger partial charge in [0, 0.05) is 23.9 Å². The van der Waals surface area contributed by atoms with Crippen LogP contribution in [0.3, 0.4) is 0 Å². The van der Waals surface area contributed by atoms with E-state index in [1.54, 1.807) is 48.5 Å². The Morgan fingerprint density at radius 2 is 1.52 bits per heavy atom. The van der Waals surface area contributed by atoms with E-state index in [0.29, 0.717) is 23.5 Å². The SMILES string of the molecule is CCOc1ccc(C(=O)Nc2ccc(NC(=S)NC(C)=O)cc2)cc1. The third kappa shape index (κ3) is 5.89. The van der Waals surface area contributed by atoms with Crippen molar-refractivity contribution in [3.63, 3.8) is 0 Å². The van der Waals surface area contributed by atoms with Gasteiger partial charge in [-0.2, -0.15) is 0 Å². The van der Waals surface area contributed by atoms with Crippen LogP contribution in [0.2, 0.25) is 0 Å². The molecule has 7 heteroatoms. The Morgan fingerprint density at radius 1 is 0.960 bits per heavy atom. The lowest BCUT2D eigenvalue weighted by molar-refractivity contribution is -0.117. The van der Waals surface area contributed by atoms with E-state index in [1.807, 2.05) is 6.92 Å². The molecule has 0 saturated carbocycles. The minimum Gasteiger partial charge on any atom is -0.494 e. The number of benzene rings is 2. The number of nitrogens with one attached hydrogen (secondary N) is 3. The molecular weight excluding hydrogens is 338 g/mol. The zero-order valence-electron chi connectivity index (χ0n) is 14.0. The van der Waals surface area contributed by atoms with Gasteiger partial charge in [0.05, 0.1) is 6.61 Å². The fourth-order valence-corrected chi connectivity index (χ4v) is 2.29. The van der Waals surface area contributed by atoms with Crippen LogP contribution in [0.5, 0.6) is 5.75 Å². The molecule has 3 N–H and O–H groups in total. The molecule has 0 radical (unpaired) electrons. The van der Waals surface area contributed by atoms with Gasteiger partial charge in [0.2, 0.25) is 5.91 Å². The van der Waals surface area contributed by atoms with Crippen LogP contribution in [0.15, 0.2) is 48.5 Å². The second kappa shape index (κ2) is 8.79. The molecule has 0 aliphatic rings. The van der Waals surface area contributed by atoms with Crippen molar-refractivity contribution in [2.24, 2.45) is 0 Å². The zero-order valence-corrected chi connectivity index (χ0v) is 14.8. The van der Waals surface area contributed by atoms with Gasteiger partial charge in [-0.3, -0.25) is 9.59 Å². The quantitative estimate of drug-likeness (QED) is 0.716. The monoisotopic (exact) mass is 357 g/mol. The van der Waals surface area contributed by atoms with Gasteiger partial charge in [-0.05, 0) is 67.7 Å². The molecule has 2 rings (SSSR count). The average molecular weight is 357 g/mol. The van der Waals surface area contributed by atoms with Gasteiger partial charge in [0.15, 0.2) is 5.11 Å². The van der Waals surface area contributed by atoms with Gasteiger partial charge in [-0.15, -0.1) is 0 Å². The smallest absolute Gasteiger partial charge is 0.255 e. The summed E-state index contributed by atoms with van der Waals surface area (Å²) in [5.41, 5.74) is 1.89. The lowest BCUT2D eigenvalue weighted by atomic mass is 10.2. The first-order valence-electron chi connectivity index (χ1n) is 7.71. The van der Waals surface area contributed by atoms with Gasteiger partial charge in [-0.25, -0.2) is 0 Å². The minimum absolute atomic E-state index is 0.211. The Bertz CT molecular complexity index is 758. The van der Waals surface area contributed by atoms with Crippen molar-refractivity contribution in [1.82, 2.24) is 5.32 Å². The van der Waals surface area contributed by atoms with Crippen LogP contribution in [0, 0.1) is 0 Å². The Hall–Kier alpha value is -2.93. The Kier molecular flexibility index (Phi) is 6.47. The van der Waals surface area contributed by atoms with Crippen molar-refractivity contribution in [3.05, 3.63) is 54.1 Å². The van der Waals surface area contributed by atoms with E-state index in [2.05, 4.69) is 16.0 Å². The van der Waals surface area contributed by atoms with Gasteiger partial charge >= 0.3 is 0 Å². The molecule has 0 atom stereocenters. The fraction of sp³-hybridized carbons (Fsp3) is 0.167. The zero-order chi connectivity index (χ0) is 18.2. The summed E-state index contributed by atoms with van der Waals surface area (Å²) >= 11 is 4.99. The summed E-state index contributed by atoms with van der Waals surface area (Å²) < 4.78 is 5.35. The highest BCUT2D eigenvalue weighted by Gasteiger charge is 2.07. The first-order chi connectivity index (χ1) is 12.0. The molecule has 130 valence electrons. The lowest BCUT2D eigenvalue weighted by Crippen LogP contribution is -2.32. The molecule has 2 aromatic rings. The molecule has 25 heavy (non-hydrogen) atoms. The predicted octanol–water partition coefficient (Wildman–Crippen LogP) is 3.17. The number of ether oxygens (including phenoxy) is 1. The Morgan fingerprint density at radius 3 is 2.04 bits per heavy atom. The summed E-state index contributed by atoms with van der Waals surface area (Å²) in [4.78, 5) is 23.1. The van der Waals surface area contributed by atoms with Crippen LogP contribution in [-0.2, 0) is 4.79 Å². The predicted molar refractivity (Wildman–Crippen MR) is 102 cm³/mol. The van der Waals surface area contributed by atoms with Gasteiger partial charge in [0.1, 0.15) is 5.75 Å². The first kappa shape index (κ1) is 18.4. The first-order valence-corrected chi connectivity index (χ1v) is 8.11. The van der Waals surface area contributed by atoms with Crippen LogP contribution in [-0.4, -0.2) is 23.5 Å². The van der Waals surface area contributed by atoms with E-state index < -0.39 is 0 Å². The van der Waals surface area contributed by atoms with E-state index in [4.69, 9.17) is 17.0 Å². The van der Waals surface area contributed by atoms with Crippen molar-refractivity contribution in [2.75, 3.05) is 17.2 Å². The maximum Gasteiger partial charge on any atom is 0.255 e. The molecule has 0 saturated heterocycles. The van der Waals surface area contributed by atoms with Gasteiger partial charge in [-0.1, -0.05) is 0 Å². The second-order valence-electron chi connectivity index (χ2n) is 5.12. The molecule has 0 aromatic heterocycles. The summed E-state index contributed by atoms with van der Waals surface area (Å²) in [7, 11) is 0. The van der Waals surface area contributed by atoms with Gasteiger partial charge in [0.25, 0.3) is 5.91 Å². The maximum atomic E-state index is 12.2. The number of thiocarbonyl (C=S) groups is 1. The number of carbonyl (C=O) groups is 2. The Balaban J connectivity index is 1.94. The number of amides is 2. The summed E-state index contributed by atoms with van der Waals surface area (Å²) in [6.45, 7) is 3.87. The summed E-state index contributed by atoms with van der Waals surface area (Å²) in [5, 5.41) is 8.38. The lowest BCUT2D eigenvalue weighted by Gasteiger charge is -2.10. The van der Waals surface area contributed by atoms with Crippen LogP contribution in [0.25, 0.3) is 0 Å². The fourth-order valence-electron chi connectivity index (χ4n) is 2.03. The normalized spacial score (nSPS) is 9.84. The largest absolute Gasteiger partial charge is 0.494 e. The minimum atomic E-state index is -0.239. The second-order valence-corrected chi connectivity index (χ2v) is 5.53. The van der Waals surface area contributed by atoms with Crippen LogP contribution in [0.1, 0.15) is 24.2 Å². The van der Waals surface area contributed by atoms with Crippen LogP contribution >= 0.6 is 12.2 Å². The van der Waals surface area contributed by atoms with Crippen molar-refractivity contribution < 1.29 is 14.3 Å². The molecule has 6 nitrogen and oxygen atoms in total. The standard InChI is InChI=1S/C18H19N3O3S/c1-3-24-16-10-4-13(5-11-16)17(23)20-14-6-8-15(9-7-14)21-18(25)19-12(2)22/h4-11H,3H2,1-2H3,(H,20,23)(H2,19,21,22,25). The molecule has 0 spiro atoms. The van der Waals surface area contributed by atoms with Crippen LogP contribution in [0.4, 0.5) is 11.4 Å². The number of hydrogen-bond acceptors (Lipinski definition) is 4. The van der Waals surface area contributed by atoms with Gasteiger partial charge < -0.3 is 20.7 Å². The molecule has 0 unspecified atom stereocenters. The van der Waals surface area contributed by atoms with Crippen molar-refractivity contribution in [1.29, 1.82) is 0 Å². The molecule has 2 amide bonds. The maximum absolute atomic E-state index is 12.2. The van der Waals surface area contributed by atoms with Crippen molar-refractivity contribution >= 4 is 40.5 Å². The molecule has 2 aromatic carbocycles. The molecule has 0 heterocycles. The molecular formula is C18H19N3O3S. The van der Waals surface area contributed by atoms with Crippen LogP contribution < -0.4 is 20.7 Å². The highest BCUT2D eigenvalue weighted by atomic mass is 32.1. The molecule has 0 bridgehead atoms. The van der Waals surface area contributed by atoms with E-state index in [9.17, 15) is 9.59 Å². The summed E-state index contributed by atoms with van der Waals surface area (Å²) in [6.07, 6.45) is 0. The Labute approximate surface area is 151 Å². The van der Waals surface area contributed by atoms with E-state index >= 15 is 0 Å². The highest BCUT2D eigenvalue weighted by molar-refractivity contribution is 7.80. The third-order valence-electron chi connectivity index (χ3n) is 3.12. The third-order valence-corrected chi connectivity index (χ3v) is 3.32. The van der Waals surface area contributed by atoms with E-state index in [0.717, 1.165) is 5.75 Å². The topological polar surface area (TPSA) is 79.5 Å². The van der Waals surface area contributed by atoms with Crippen molar-refractivity contribution in [3.8, 4) is 5.75 Å². The van der Waals surface area contributed by atoms with E-state index in [-0.39, 0.29) is 16.9 Å². The summed E-state index contributed by atoms with van der Waals surface area (Å²) in [6, 6.07) is 13.9. The number of rotatable bonds is 5. The van der Waals surface area contributed by atoms with E-state index in [1.165, 1.54) is 6.92 Å². The highest BCUT2D eigenvalue weighted by Crippen LogP contribution is 2.16. The summed E-state index contributed by atoms with van der Waals surface area (Å²) in [5.74, 6) is 0.277. The number of hydrogen-bond donors (Lipinski definition) is 3. The molecule has 0 fully saturated rings. The van der Waals surface area contributed by atoms with Crippen molar-refractivity contribution in [2.45, 2.75) is 13.8 Å². The number of carbonyl (C=O) groups excluding carboxylic acids is 2. The average Bonchev–Trinajstić information content (AvgIpc) is 2.57.